The third-order valence-corrected chi connectivity index (χ3v) is 4.56. The van der Waals surface area contributed by atoms with Crippen molar-refractivity contribution in [3.63, 3.8) is 0 Å². The van der Waals surface area contributed by atoms with Crippen LogP contribution in [0.15, 0.2) is 59.5 Å². The Morgan fingerprint density at radius 2 is 1.62 bits per heavy atom. The summed E-state index contributed by atoms with van der Waals surface area (Å²) in [5.41, 5.74) is 1.99. The minimum atomic E-state index is -3.47. The van der Waals surface area contributed by atoms with E-state index in [1.54, 1.807) is 18.2 Å². The molecular formula is C17H21NO2S. The van der Waals surface area contributed by atoms with Gasteiger partial charge in [-0.25, -0.2) is 13.1 Å². The first-order valence-electron chi connectivity index (χ1n) is 7.10. The summed E-state index contributed by atoms with van der Waals surface area (Å²) in [5, 5.41) is 0. The van der Waals surface area contributed by atoms with Gasteiger partial charge in [0.05, 0.1) is 4.90 Å². The second kappa shape index (κ2) is 6.87. The van der Waals surface area contributed by atoms with Crippen LogP contribution in [0.4, 0.5) is 0 Å². The number of sulfonamides is 1. The Bertz CT molecular complexity index is 679. The highest BCUT2D eigenvalue weighted by atomic mass is 32.2. The van der Waals surface area contributed by atoms with Crippen molar-refractivity contribution in [2.24, 2.45) is 5.92 Å². The van der Waals surface area contributed by atoms with Gasteiger partial charge in [0.25, 0.3) is 0 Å². The van der Waals surface area contributed by atoms with Gasteiger partial charge in [-0.1, -0.05) is 56.3 Å². The lowest BCUT2D eigenvalue weighted by molar-refractivity contribution is 0.580. The quantitative estimate of drug-likeness (QED) is 0.889. The maximum atomic E-state index is 12.3. The Morgan fingerprint density at radius 1 is 0.952 bits per heavy atom. The second-order valence-corrected chi connectivity index (χ2v) is 7.32. The summed E-state index contributed by atoms with van der Waals surface area (Å²) in [6.45, 7) is 4.54. The van der Waals surface area contributed by atoms with Crippen molar-refractivity contribution in [3.05, 3.63) is 65.7 Å². The summed E-state index contributed by atoms with van der Waals surface area (Å²) >= 11 is 0. The van der Waals surface area contributed by atoms with E-state index in [-0.39, 0.29) is 0 Å². The van der Waals surface area contributed by atoms with Crippen LogP contribution >= 0.6 is 0 Å². The van der Waals surface area contributed by atoms with Crippen LogP contribution < -0.4 is 4.72 Å². The molecule has 0 amide bonds. The summed E-state index contributed by atoms with van der Waals surface area (Å²) in [6, 6.07) is 16.7. The molecule has 0 aliphatic carbocycles. The Morgan fingerprint density at radius 3 is 2.29 bits per heavy atom. The maximum Gasteiger partial charge on any atom is 0.240 e. The highest BCUT2D eigenvalue weighted by Gasteiger charge is 2.14. The highest BCUT2D eigenvalue weighted by Crippen LogP contribution is 2.15. The van der Waals surface area contributed by atoms with Crippen molar-refractivity contribution in [3.8, 4) is 0 Å². The molecule has 0 bridgehead atoms. The van der Waals surface area contributed by atoms with Crippen LogP contribution in [0.25, 0.3) is 0 Å². The molecular weight excluding hydrogens is 282 g/mol. The number of rotatable bonds is 6. The zero-order valence-corrected chi connectivity index (χ0v) is 13.2. The van der Waals surface area contributed by atoms with Crippen molar-refractivity contribution in [1.82, 2.24) is 4.72 Å². The smallest absolute Gasteiger partial charge is 0.207 e. The van der Waals surface area contributed by atoms with Crippen LogP contribution in [0.1, 0.15) is 25.0 Å². The third kappa shape index (κ3) is 4.69. The van der Waals surface area contributed by atoms with Gasteiger partial charge in [-0.15, -0.1) is 0 Å². The minimum absolute atomic E-state index is 0.303. The van der Waals surface area contributed by atoms with E-state index >= 15 is 0 Å². The lowest BCUT2D eigenvalue weighted by atomic mass is 10.0. The van der Waals surface area contributed by atoms with E-state index in [4.69, 9.17) is 0 Å². The monoisotopic (exact) mass is 303 g/mol. The normalized spacial score (nSPS) is 11.8. The lowest BCUT2D eigenvalue weighted by Crippen LogP contribution is -2.23. The number of hydrogen-bond acceptors (Lipinski definition) is 2. The van der Waals surface area contributed by atoms with E-state index in [9.17, 15) is 8.42 Å². The Balaban J connectivity index is 2.12. The zero-order valence-electron chi connectivity index (χ0n) is 12.4. The van der Waals surface area contributed by atoms with Crippen LogP contribution in [0.2, 0.25) is 0 Å². The minimum Gasteiger partial charge on any atom is -0.207 e. The standard InChI is InChI=1S/C17H21NO2S/c1-14(2)11-16-9-6-10-17(12-16)21(19,20)18-13-15-7-4-3-5-8-15/h3-10,12,14,18H,11,13H2,1-2H3. The average molecular weight is 303 g/mol. The molecule has 1 N–H and O–H groups in total. The Labute approximate surface area is 127 Å². The molecule has 4 heteroatoms. The fourth-order valence-corrected chi connectivity index (χ4v) is 3.26. The van der Waals surface area contributed by atoms with Crippen LogP contribution in [0, 0.1) is 5.92 Å². The van der Waals surface area contributed by atoms with Crippen molar-refractivity contribution in [2.75, 3.05) is 0 Å². The predicted octanol–water partition coefficient (Wildman–Crippen LogP) is 3.36. The molecule has 0 radical (unpaired) electrons. The first-order valence-corrected chi connectivity index (χ1v) is 8.58. The van der Waals surface area contributed by atoms with Gasteiger partial charge in [0.2, 0.25) is 10.0 Å². The highest BCUT2D eigenvalue weighted by molar-refractivity contribution is 7.89. The molecule has 0 aliphatic heterocycles. The Kier molecular flexibility index (Phi) is 5.15. The van der Waals surface area contributed by atoms with Crippen molar-refractivity contribution < 1.29 is 8.42 Å². The van der Waals surface area contributed by atoms with E-state index < -0.39 is 10.0 Å². The molecule has 2 aromatic carbocycles. The number of nitrogens with one attached hydrogen (secondary N) is 1. The van der Waals surface area contributed by atoms with Crippen LogP contribution in [0.3, 0.4) is 0 Å². The molecule has 0 heterocycles. The molecule has 0 atom stereocenters. The zero-order chi connectivity index (χ0) is 15.3. The largest absolute Gasteiger partial charge is 0.240 e. The van der Waals surface area contributed by atoms with Gasteiger partial charge in [0.15, 0.2) is 0 Å². The first kappa shape index (κ1) is 15.7. The van der Waals surface area contributed by atoms with Gasteiger partial charge < -0.3 is 0 Å². The molecule has 2 rings (SSSR count). The summed E-state index contributed by atoms with van der Waals surface area (Å²) in [6.07, 6.45) is 0.877. The molecule has 0 spiro atoms. The molecule has 112 valence electrons. The van der Waals surface area contributed by atoms with Gasteiger partial charge in [0, 0.05) is 6.54 Å². The van der Waals surface area contributed by atoms with E-state index in [0.29, 0.717) is 17.4 Å². The summed E-state index contributed by atoms with van der Waals surface area (Å²) in [7, 11) is -3.47. The fraction of sp³-hybridized carbons (Fsp3) is 0.294. The molecule has 21 heavy (non-hydrogen) atoms. The van der Waals surface area contributed by atoms with Gasteiger partial charge in [-0.2, -0.15) is 0 Å². The average Bonchev–Trinajstić information content (AvgIpc) is 2.46. The van der Waals surface area contributed by atoms with E-state index in [1.165, 1.54) is 0 Å². The van der Waals surface area contributed by atoms with Crippen LogP contribution in [0.5, 0.6) is 0 Å². The maximum absolute atomic E-state index is 12.3. The molecule has 0 saturated carbocycles. The molecule has 0 saturated heterocycles. The molecule has 2 aromatic rings. The van der Waals surface area contributed by atoms with Crippen molar-refractivity contribution in [1.29, 1.82) is 0 Å². The topological polar surface area (TPSA) is 46.2 Å². The SMILES string of the molecule is CC(C)Cc1cccc(S(=O)(=O)NCc2ccccc2)c1. The van der Waals surface area contributed by atoms with E-state index in [2.05, 4.69) is 18.6 Å². The summed E-state index contributed by atoms with van der Waals surface area (Å²) in [5.74, 6) is 0.500. The third-order valence-electron chi connectivity index (χ3n) is 3.16. The van der Waals surface area contributed by atoms with Gasteiger partial charge in [-0.3, -0.25) is 0 Å². The molecule has 0 unspecified atom stereocenters. The summed E-state index contributed by atoms with van der Waals surface area (Å²) < 4.78 is 27.3. The van der Waals surface area contributed by atoms with Crippen LogP contribution in [-0.2, 0) is 23.0 Å². The molecule has 0 fully saturated rings. The lowest BCUT2D eigenvalue weighted by Gasteiger charge is -2.10. The van der Waals surface area contributed by atoms with Crippen molar-refractivity contribution in [2.45, 2.75) is 31.7 Å². The molecule has 0 aliphatic rings. The summed E-state index contributed by atoms with van der Waals surface area (Å²) in [4.78, 5) is 0.330. The van der Waals surface area contributed by atoms with E-state index in [0.717, 1.165) is 17.5 Å². The molecule has 0 aromatic heterocycles. The van der Waals surface area contributed by atoms with Gasteiger partial charge in [-0.05, 0) is 35.6 Å². The number of benzene rings is 2. The fourth-order valence-electron chi connectivity index (χ4n) is 2.17. The molecule has 3 nitrogen and oxygen atoms in total. The van der Waals surface area contributed by atoms with Gasteiger partial charge >= 0.3 is 0 Å². The predicted molar refractivity (Wildman–Crippen MR) is 85.5 cm³/mol. The Hall–Kier alpha value is -1.65. The van der Waals surface area contributed by atoms with Gasteiger partial charge in [0.1, 0.15) is 0 Å². The number of hydrogen-bond donors (Lipinski definition) is 1. The first-order chi connectivity index (χ1) is 9.97. The van der Waals surface area contributed by atoms with E-state index in [1.807, 2.05) is 36.4 Å². The van der Waals surface area contributed by atoms with Crippen LogP contribution in [-0.4, -0.2) is 8.42 Å². The van der Waals surface area contributed by atoms with Crippen molar-refractivity contribution >= 4 is 10.0 Å². The second-order valence-electron chi connectivity index (χ2n) is 5.56.